The van der Waals surface area contributed by atoms with E-state index in [1.807, 2.05) is 6.07 Å². The number of hydrogen-bond donors (Lipinski definition) is 0. The summed E-state index contributed by atoms with van der Waals surface area (Å²) in [5.41, 5.74) is 2.89. The van der Waals surface area contributed by atoms with E-state index in [9.17, 15) is 4.39 Å². The summed E-state index contributed by atoms with van der Waals surface area (Å²) in [5, 5.41) is 4.36. The molecule has 4 heteroatoms. The van der Waals surface area contributed by atoms with Gasteiger partial charge in [-0.1, -0.05) is 12.1 Å². The lowest BCUT2D eigenvalue weighted by Gasteiger charge is -2.05. The largest absolute Gasteiger partial charge is 0.233 e. The molecule has 1 aromatic heterocycles. The van der Waals surface area contributed by atoms with Crippen molar-refractivity contribution in [2.45, 2.75) is 19.3 Å². The molecular weight excluding hydrogens is 271 g/mol. The van der Waals surface area contributed by atoms with Gasteiger partial charge < -0.3 is 0 Å². The van der Waals surface area contributed by atoms with Gasteiger partial charge in [0.15, 0.2) is 0 Å². The van der Waals surface area contributed by atoms with Crippen LogP contribution in [0.1, 0.15) is 17.7 Å². The Hall–Kier alpha value is -1.16. The molecule has 0 saturated heterocycles. The predicted octanol–water partition coefficient (Wildman–Crippen LogP) is 3.26. The zero-order valence-corrected chi connectivity index (χ0v) is 10.2. The molecule has 0 radical (unpaired) electrons. The number of halogens is 2. The third-order valence-corrected chi connectivity index (χ3v) is 3.60. The van der Waals surface area contributed by atoms with Crippen molar-refractivity contribution in [3.8, 4) is 5.69 Å². The summed E-state index contributed by atoms with van der Waals surface area (Å²) in [5.74, 6) is -0.229. The molecule has 0 aliphatic heterocycles. The van der Waals surface area contributed by atoms with E-state index in [4.69, 9.17) is 0 Å². The molecule has 0 atom stereocenters. The first-order valence-corrected chi connectivity index (χ1v) is 6.08. The SMILES string of the molecule is Fc1ccccc1-n1nc(Br)c2c1CCC2. The minimum absolute atomic E-state index is 0.229. The molecule has 1 aromatic carbocycles. The fourth-order valence-electron chi connectivity index (χ4n) is 2.22. The van der Waals surface area contributed by atoms with Gasteiger partial charge in [0.05, 0.1) is 0 Å². The Morgan fingerprint density at radius 2 is 2.06 bits per heavy atom. The summed E-state index contributed by atoms with van der Waals surface area (Å²) in [6.45, 7) is 0. The predicted molar refractivity (Wildman–Crippen MR) is 63.2 cm³/mol. The Kier molecular flexibility index (Phi) is 2.32. The third-order valence-electron chi connectivity index (χ3n) is 2.96. The lowest BCUT2D eigenvalue weighted by molar-refractivity contribution is 0.606. The fourth-order valence-corrected chi connectivity index (χ4v) is 2.80. The van der Waals surface area contributed by atoms with Gasteiger partial charge in [-0.15, -0.1) is 0 Å². The normalized spacial score (nSPS) is 14.1. The Morgan fingerprint density at radius 3 is 2.88 bits per heavy atom. The minimum atomic E-state index is -0.229. The molecule has 0 amide bonds. The van der Waals surface area contributed by atoms with Crippen LogP contribution in [0.25, 0.3) is 5.69 Å². The van der Waals surface area contributed by atoms with Crippen LogP contribution in [0, 0.1) is 5.82 Å². The van der Waals surface area contributed by atoms with E-state index in [1.165, 1.54) is 11.6 Å². The van der Waals surface area contributed by atoms with Crippen molar-refractivity contribution < 1.29 is 4.39 Å². The van der Waals surface area contributed by atoms with Gasteiger partial charge in [-0.3, -0.25) is 0 Å². The molecule has 0 spiro atoms. The molecule has 1 aliphatic rings. The number of nitrogens with zero attached hydrogens (tertiary/aromatic N) is 2. The summed E-state index contributed by atoms with van der Waals surface area (Å²) >= 11 is 3.44. The van der Waals surface area contributed by atoms with Gasteiger partial charge in [-0.05, 0) is 47.3 Å². The molecule has 1 heterocycles. The van der Waals surface area contributed by atoms with Crippen molar-refractivity contribution >= 4 is 15.9 Å². The molecule has 16 heavy (non-hydrogen) atoms. The average molecular weight is 281 g/mol. The zero-order valence-electron chi connectivity index (χ0n) is 8.58. The highest BCUT2D eigenvalue weighted by atomic mass is 79.9. The van der Waals surface area contributed by atoms with Gasteiger partial charge in [0.25, 0.3) is 0 Å². The van der Waals surface area contributed by atoms with Crippen molar-refractivity contribution in [2.24, 2.45) is 0 Å². The highest BCUT2D eigenvalue weighted by molar-refractivity contribution is 9.10. The molecule has 0 fully saturated rings. The molecular formula is C12H10BrFN2. The second kappa shape index (κ2) is 3.70. The quantitative estimate of drug-likeness (QED) is 0.784. The van der Waals surface area contributed by atoms with Crippen molar-refractivity contribution in [3.05, 3.63) is 45.9 Å². The average Bonchev–Trinajstić information content (AvgIpc) is 2.84. The second-order valence-corrected chi connectivity index (χ2v) is 4.68. The van der Waals surface area contributed by atoms with Crippen molar-refractivity contribution in [2.75, 3.05) is 0 Å². The zero-order chi connectivity index (χ0) is 11.1. The Bertz CT molecular complexity index is 548. The number of para-hydroxylation sites is 1. The lowest BCUT2D eigenvalue weighted by Crippen LogP contribution is -2.03. The molecule has 82 valence electrons. The number of hydrogen-bond acceptors (Lipinski definition) is 1. The van der Waals surface area contributed by atoms with Crippen LogP contribution in [0.5, 0.6) is 0 Å². The van der Waals surface area contributed by atoms with E-state index in [0.717, 1.165) is 29.6 Å². The van der Waals surface area contributed by atoms with Crippen LogP contribution < -0.4 is 0 Å². The lowest BCUT2D eigenvalue weighted by atomic mass is 10.2. The monoisotopic (exact) mass is 280 g/mol. The van der Waals surface area contributed by atoms with E-state index in [2.05, 4.69) is 21.0 Å². The molecule has 0 saturated carbocycles. The first kappa shape index (κ1) is 10.0. The van der Waals surface area contributed by atoms with Crippen molar-refractivity contribution in [1.29, 1.82) is 0 Å². The maximum atomic E-state index is 13.7. The van der Waals surface area contributed by atoms with Crippen LogP contribution in [0.2, 0.25) is 0 Å². The molecule has 1 aliphatic carbocycles. The maximum absolute atomic E-state index is 13.7. The fraction of sp³-hybridized carbons (Fsp3) is 0.250. The van der Waals surface area contributed by atoms with E-state index in [-0.39, 0.29) is 5.82 Å². The van der Waals surface area contributed by atoms with Crippen LogP contribution in [-0.2, 0) is 12.8 Å². The summed E-state index contributed by atoms with van der Waals surface area (Å²) in [6, 6.07) is 6.74. The molecule has 2 nitrogen and oxygen atoms in total. The first-order valence-electron chi connectivity index (χ1n) is 5.28. The van der Waals surface area contributed by atoms with Gasteiger partial charge in [-0.25, -0.2) is 9.07 Å². The van der Waals surface area contributed by atoms with E-state index in [0.29, 0.717) is 5.69 Å². The topological polar surface area (TPSA) is 17.8 Å². The summed E-state index contributed by atoms with van der Waals surface area (Å²) in [4.78, 5) is 0. The van der Waals surface area contributed by atoms with Gasteiger partial charge in [-0.2, -0.15) is 5.10 Å². The standard InChI is InChI=1S/C12H10BrFN2/c13-12-8-4-3-7-10(8)16(15-12)11-6-2-1-5-9(11)14/h1-2,5-6H,3-4,7H2. The minimum Gasteiger partial charge on any atom is -0.233 e. The Balaban J connectivity index is 2.21. The maximum Gasteiger partial charge on any atom is 0.148 e. The summed E-state index contributed by atoms with van der Waals surface area (Å²) in [7, 11) is 0. The van der Waals surface area contributed by atoms with Gasteiger partial charge >= 0.3 is 0 Å². The molecule has 0 bridgehead atoms. The van der Waals surface area contributed by atoms with Crippen LogP contribution in [-0.4, -0.2) is 9.78 Å². The smallest absolute Gasteiger partial charge is 0.148 e. The van der Waals surface area contributed by atoms with Crippen LogP contribution >= 0.6 is 15.9 Å². The first-order chi connectivity index (χ1) is 7.77. The number of fused-ring (bicyclic) bond motifs is 1. The second-order valence-electron chi connectivity index (χ2n) is 3.93. The Labute approximate surface area is 101 Å². The molecule has 0 N–H and O–H groups in total. The molecule has 0 unspecified atom stereocenters. The van der Waals surface area contributed by atoms with Crippen LogP contribution in [0.15, 0.2) is 28.9 Å². The van der Waals surface area contributed by atoms with Gasteiger partial charge in [0, 0.05) is 11.3 Å². The van der Waals surface area contributed by atoms with Crippen molar-refractivity contribution in [1.82, 2.24) is 9.78 Å². The molecule has 3 rings (SSSR count). The van der Waals surface area contributed by atoms with Crippen LogP contribution in [0.4, 0.5) is 4.39 Å². The number of aromatic nitrogens is 2. The number of rotatable bonds is 1. The highest BCUT2D eigenvalue weighted by Crippen LogP contribution is 2.31. The van der Waals surface area contributed by atoms with Crippen LogP contribution in [0.3, 0.4) is 0 Å². The van der Waals surface area contributed by atoms with E-state index >= 15 is 0 Å². The van der Waals surface area contributed by atoms with E-state index in [1.54, 1.807) is 16.8 Å². The highest BCUT2D eigenvalue weighted by Gasteiger charge is 2.22. The van der Waals surface area contributed by atoms with Gasteiger partial charge in [0.1, 0.15) is 16.1 Å². The van der Waals surface area contributed by atoms with E-state index < -0.39 is 0 Å². The van der Waals surface area contributed by atoms with Gasteiger partial charge in [0.2, 0.25) is 0 Å². The summed E-state index contributed by atoms with van der Waals surface area (Å²) in [6.07, 6.45) is 3.13. The Morgan fingerprint density at radius 1 is 1.25 bits per heavy atom. The molecule has 2 aromatic rings. The third kappa shape index (κ3) is 1.40. The number of benzene rings is 1. The summed E-state index contributed by atoms with van der Waals surface area (Å²) < 4.78 is 16.3. The van der Waals surface area contributed by atoms with Crippen molar-refractivity contribution in [3.63, 3.8) is 0 Å².